The van der Waals surface area contributed by atoms with Crippen molar-refractivity contribution in [1.82, 2.24) is 9.80 Å². The summed E-state index contributed by atoms with van der Waals surface area (Å²) in [6.07, 6.45) is 0. The lowest BCUT2D eigenvalue weighted by molar-refractivity contribution is 0.151. The van der Waals surface area contributed by atoms with Gasteiger partial charge < -0.3 is 10.2 Å². The van der Waals surface area contributed by atoms with Gasteiger partial charge in [-0.25, -0.2) is 0 Å². The number of hydrogen-bond acceptors (Lipinski definition) is 2. The zero-order chi connectivity index (χ0) is 20.1. The average molecular weight is 466 g/mol. The van der Waals surface area contributed by atoms with E-state index in [1.54, 1.807) is 0 Å². The quantitative estimate of drug-likeness (QED) is 0.508. The first-order valence-electron chi connectivity index (χ1n) is 9.86. The first-order chi connectivity index (χ1) is 14.2. The van der Waals surface area contributed by atoms with Crippen molar-refractivity contribution in [2.45, 2.75) is 6.04 Å². The van der Waals surface area contributed by atoms with E-state index >= 15 is 0 Å². The fourth-order valence-electron chi connectivity index (χ4n) is 3.80. The Morgan fingerprint density at radius 1 is 0.759 bits per heavy atom. The minimum atomic E-state index is 0.271. The Morgan fingerprint density at radius 2 is 1.28 bits per heavy atom. The highest BCUT2D eigenvalue weighted by Crippen LogP contribution is 2.29. The Bertz CT molecular complexity index is 884. The summed E-state index contributed by atoms with van der Waals surface area (Å²) in [5, 5.41) is 4.16. The van der Waals surface area contributed by atoms with E-state index in [0.29, 0.717) is 0 Å². The summed E-state index contributed by atoms with van der Waals surface area (Å²) in [4.78, 5) is 4.82. The summed E-state index contributed by atoms with van der Waals surface area (Å²) in [5.41, 5.74) is 3.69. The van der Waals surface area contributed by atoms with Crippen molar-refractivity contribution in [1.29, 1.82) is 0 Å². The molecular weight excluding hydrogens is 442 g/mol. The van der Waals surface area contributed by atoms with Crippen LogP contribution in [0.2, 0.25) is 0 Å². The molecule has 148 valence electrons. The molecule has 29 heavy (non-hydrogen) atoms. The highest BCUT2D eigenvalue weighted by Gasteiger charge is 2.27. The predicted octanol–water partition coefficient (Wildman–Crippen LogP) is 5.55. The molecule has 0 radical (unpaired) electrons. The van der Waals surface area contributed by atoms with E-state index in [2.05, 4.69) is 91.7 Å². The van der Waals surface area contributed by atoms with Crippen molar-refractivity contribution in [3.8, 4) is 0 Å². The maximum atomic E-state index is 5.66. The van der Waals surface area contributed by atoms with Gasteiger partial charge in [0.2, 0.25) is 0 Å². The molecule has 1 N–H and O–H groups in total. The van der Waals surface area contributed by atoms with Crippen LogP contribution in [-0.4, -0.2) is 41.1 Å². The van der Waals surface area contributed by atoms with E-state index in [0.717, 1.165) is 41.5 Å². The number of nitrogens with zero attached hydrogens (tertiary/aromatic N) is 2. The van der Waals surface area contributed by atoms with Gasteiger partial charge in [-0.15, -0.1) is 0 Å². The number of piperazine rings is 1. The van der Waals surface area contributed by atoms with Crippen molar-refractivity contribution in [2.24, 2.45) is 0 Å². The van der Waals surface area contributed by atoms with E-state index in [9.17, 15) is 0 Å². The molecule has 1 saturated heterocycles. The van der Waals surface area contributed by atoms with Crippen molar-refractivity contribution in [2.75, 3.05) is 31.5 Å². The molecule has 0 unspecified atom stereocenters. The Hall–Kier alpha value is -2.21. The average Bonchev–Trinajstić information content (AvgIpc) is 2.77. The number of rotatable bonds is 4. The fourth-order valence-corrected chi connectivity index (χ4v) is 4.37. The van der Waals surface area contributed by atoms with E-state index in [4.69, 9.17) is 12.2 Å². The molecule has 0 amide bonds. The van der Waals surface area contributed by atoms with Crippen LogP contribution in [-0.2, 0) is 0 Å². The lowest BCUT2D eigenvalue weighted by Gasteiger charge is -2.40. The molecule has 3 aromatic rings. The molecular formula is C24H24BrN3S. The van der Waals surface area contributed by atoms with Gasteiger partial charge in [0.1, 0.15) is 0 Å². The van der Waals surface area contributed by atoms with Crippen molar-refractivity contribution >= 4 is 38.9 Å². The molecule has 3 aromatic carbocycles. The van der Waals surface area contributed by atoms with Crippen LogP contribution < -0.4 is 5.32 Å². The van der Waals surface area contributed by atoms with Gasteiger partial charge >= 0.3 is 0 Å². The Kier molecular flexibility index (Phi) is 6.60. The summed E-state index contributed by atoms with van der Waals surface area (Å²) in [5.74, 6) is 0. The molecule has 0 atom stereocenters. The van der Waals surface area contributed by atoms with Gasteiger partial charge in [0.05, 0.1) is 6.04 Å². The molecule has 1 fully saturated rings. The zero-order valence-corrected chi connectivity index (χ0v) is 18.6. The topological polar surface area (TPSA) is 18.5 Å². The Morgan fingerprint density at radius 3 is 1.79 bits per heavy atom. The third kappa shape index (κ3) is 5.04. The molecule has 1 aliphatic heterocycles. The van der Waals surface area contributed by atoms with E-state index in [1.807, 2.05) is 24.3 Å². The third-order valence-corrected chi connectivity index (χ3v) is 6.18. The van der Waals surface area contributed by atoms with Crippen molar-refractivity contribution < 1.29 is 0 Å². The summed E-state index contributed by atoms with van der Waals surface area (Å²) >= 11 is 9.13. The van der Waals surface area contributed by atoms with Crippen molar-refractivity contribution in [3.63, 3.8) is 0 Å². The number of hydrogen-bond donors (Lipinski definition) is 1. The molecule has 0 bridgehead atoms. The summed E-state index contributed by atoms with van der Waals surface area (Å²) in [6.45, 7) is 3.77. The van der Waals surface area contributed by atoms with Gasteiger partial charge in [-0.3, -0.25) is 4.90 Å². The monoisotopic (exact) mass is 465 g/mol. The van der Waals surface area contributed by atoms with Gasteiger partial charge in [0, 0.05) is 36.3 Å². The first-order valence-corrected chi connectivity index (χ1v) is 11.1. The van der Waals surface area contributed by atoms with Crippen LogP contribution in [0.15, 0.2) is 89.4 Å². The normalized spacial score (nSPS) is 14.8. The summed E-state index contributed by atoms with van der Waals surface area (Å²) in [6, 6.07) is 29.9. The Labute approximate surface area is 186 Å². The molecule has 1 heterocycles. The largest absolute Gasteiger partial charge is 0.346 e. The lowest BCUT2D eigenvalue weighted by atomic mass is 9.96. The summed E-state index contributed by atoms with van der Waals surface area (Å²) < 4.78 is 1.07. The van der Waals surface area contributed by atoms with Crippen LogP contribution in [0.3, 0.4) is 0 Å². The van der Waals surface area contributed by atoms with E-state index < -0.39 is 0 Å². The Balaban J connectivity index is 1.44. The number of nitrogens with one attached hydrogen (secondary N) is 1. The lowest BCUT2D eigenvalue weighted by Crippen LogP contribution is -2.50. The molecule has 0 spiro atoms. The highest BCUT2D eigenvalue weighted by atomic mass is 79.9. The van der Waals surface area contributed by atoms with Crippen LogP contribution in [0.25, 0.3) is 0 Å². The predicted molar refractivity (Wildman–Crippen MR) is 128 cm³/mol. The second kappa shape index (κ2) is 9.53. The van der Waals surface area contributed by atoms with Gasteiger partial charge in [-0.1, -0.05) is 76.6 Å². The van der Waals surface area contributed by atoms with Gasteiger partial charge in [0.25, 0.3) is 0 Å². The van der Waals surface area contributed by atoms with Gasteiger partial charge in [-0.05, 0) is 47.6 Å². The van der Waals surface area contributed by atoms with Crippen LogP contribution >= 0.6 is 28.1 Å². The molecule has 3 nitrogen and oxygen atoms in total. The number of halogens is 1. The third-order valence-electron chi connectivity index (χ3n) is 5.29. The number of benzene rings is 3. The van der Waals surface area contributed by atoms with Crippen LogP contribution in [0.1, 0.15) is 17.2 Å². The maximum absolute atomic E-state index is 5.66. The maximum Gasteiger partial charge on any atom is 0.173 e. The minimum Gasteiger partial charge on any atom is -0.346 e. The first kappa shape index (κ1) is 20.1. The molecule has 0 aliphatic carbocycles. The van der Waals surface area contributed by atoms with Crippen LogP contribution in [0.5, 0.6) is 0 Å². The van der Waals surface area contributed by atoms with Crippen LogP contribution in [0, 0.1) is 0 Å². The standard InChI is InChI=1S/C24H24BrN3S/c25-21-11-13-22(14-12-21)26-24(29)28-17-15-27(16-18-28)23(19-7-3-1-4-8-19)20-9-5-2-6-10-20/h1-14,23H,15-18H2,(H,26,29). The van der Waals surface area contributed by atoms with Crippen molar-refractivity contribution in [3.05, 3.63) is 101 Å². The van der Waals surface area contributed by atoms with Gasteiger partial charge in [0.15, 0.2) is 5.11 Å². The highest BCUT2D eigenvalue weighted by molar-refractivity contribution is 9.10. The zero-order valence-electron chi connectivity index (χ0n) is 16.2. The number of thiocarbonyl (C=S) groups is 1. The SMILES string of the molecule is S=C(Nc1ccc(Br)cc1)N1CCN(C(c2ccccc2)c2ccccc2)CC1. The second-order valence-electron chi connectivity index (χ2n) is 7.18. The smallest absolute Gasteiger partial charge is 0.173 e. The fraction of sp³-hybridized carbons (Fsp3) is 0.208. The van der Waals surface area contributed by atoms with E-state index in [-0.39, 0.29) is 6.04 Å². The number of anilines is 1. The summed E-state index contributed by atoms with van der Waals surface area (Å²) in [7, 11) is 0. The molecule has 4 rings (SSSR count). The molecule has 0 saturated carbocycles. The molecule has 5 heteroatoms. The van der Waals surface area contributed by atoms with Gasteiger partial charge in [-0.2, -0.15) is 0 Å². The van der Waals surface area contributed by atoms with Crippen LogP contribution in [0.4, 0.5) is 5.69 Å². The second-order valence-corrected chi connectivity index (χ2v) is 8.49. The van der Waals surface area contributed by atoms with E-state index in [1.165, 1.54) is 11.1 Å². The molecule has 1 aliphatic rings. The molecule has 0 aromatic heterocycles. The minimum absolute atomic E-state index is 0.271.